The van der Waals surface area contributed by atoms with Crippen LogP contribution in [0.3, 0.4) is 0 Å². The van der Waals surface area contributed by atoms with Gasteiger partial charge in [0.15, 0.2) is 5.82 Å². The molecule has 0 fully saturated rings. The highest BCUT2D eigenvalue weighted by Crippen LogP contribution is 2.18. The van der Waals surface area contributed by atoms with E-state index in [0.717, 1.165) is 11.9 Å². The molecule has 0 spiro atoms. The summed E-state index contributed by atoms with van der Waals surface area (Å²) in [4.78, 5) is 27.5. The van der Waals surface area contributed by atoms with E-state index in [1.54, 1.807) is 0 Å². The molecule has 1 aromatic carbocycles. The van der Waals surface area contributed by atoms with Gasteiger partial charge < -0.3 is 5.11 Å². The lowest BCUT2D eigenvalue weighted by atomic mass is 9.99. The number of hydrogen-bond donors (Lipinski definition) is 2. The van der Waals surface area contributed by atoms with Crippen LogP contribution in [0.25, 0.3) is 0 Å². The molecule has 7 heteroatoms. The van der Waals surface area contributed by atoms with E-state index < -0.39 is 11.5 Å². The Morgan fingerprint density at radius 3 is 2.83 bits per heavy atom. The number of para-hydroxylation sites is 1. The first-order valence-corrected chi connectivity index (χ1v) is 7.27. The maximum Gasteiger partial charge on any atom is 0.342 e. The summed E-state index contributed by atoms with van der Waals surface area (Å²) in [6.45, 7) is 2.42. The summed E-state index contributed by atoms with van der Waals surface area (Å²) < 4.78 is 1.39. The third-order valence-corrected chi connectivity index (χ3v) is 3.67. The van der Waals surface area contributed by atoms with E-state index in [9.17, 15) is 9.59 Å². The van der Waals surface area contributed by atoms with Gasteiger partial charge in [0.2, 0.25) is 0 Å². The number of nitrogens with one attached hydrogen (secondary N) is 1. The maximum absolute atomic E-state index is 12.3. The number of aromatic nitrogens is 2. The highest BCUT2D eigenvalue weighted by molar-refractivity contribution is 5.99. The molecule has 1 aromatic heterocycles. The molecule has 2 N–H and O–H groups in total. The van der Waals surface area contributed by atoms with E-state index in [0.29, 0.717) is 24.5 Å². The number of carboxylic acids is 1. The second kappa shape index (κ2) is 6.04. The second-order valence-electron chi connectivity index (χ2n) is 5.56. The van der Waals surface area contributed by atoms with Crippen LogP contribution in [-0.2, 0) is 6.54 Å². The van der Waals surface area contributed by atoms with E-state index in [1.165, 1.54) is 4.57 Å². The Morgan fingerprint density at radius 2 is 2.13 bits per heavy atom. The average Bonchev–Trinajstić information content (AvgIpc) is 2.54. The van der Waals surface area contributed by atoms with Crippen molar-refractivity contribution in [2.75, 3.05) is 5.43 Å². The van der Waals surface area contributed by atoms with Gasteiger partial charge in [-0.05, 0) is 24.5 Å². The van der Waals surface area contributed by atoms with Crippen LogP contribution in [0.15, 0.2) is 46.4 Å². The molecule has 1 aliphatic rings. The van der Waals surface area contributed by atoms with Crippen molar-refractivity contribution in [2.24, 2.45) is 11.0 Å². The quantitative estimate of drug-likeness (QED) is 0.842. The largest absolute Gasteiger partial charge is 0.477 e. The van der Waals surface area contributed by atoms with Gasteiger partial charge in [0, 0.05) is 12.7 Å². The normalized spacial score (nSPS) is 18.5. The SMILES string of the molecule is CC1C/C(=N\Nc2ccccc2)c2ncc(C(=O)O)c(=O)n2C1. The van der Waals surface area contributed by atoms with Gasteiger partial charge in [0.05, 0.1) is 5.69 Å². The Labute approximate surface area is 132 Å². The predicted molar refractivity (Wildman–Crippen MR) is 85.8 cm³/mol. The molecular weight excluding hydrogens is 296 g/mol. The summed E-state index contributed by atoms with van der Waals surface area (Å²) in [5.74, 6) is -0.680. The summed E-state index contributed by atoms with van der Waals surface area (Å²) in [6, 6.07) is 9.45. The van der Waals surface area contributed by atoms with Crippen molar-refractivity contribution in [3.8, 4) is 0 Å². The zero-order chi connectivity index (χ0) is 16.4. The fraction of sp³-hybridized carbons (Fsp3) is 0.250. The Morgan fingerprint density at radius 1 is 1.39 bits per heavy atom. The minimum Gasteiger partial charge on any atom is -0.477 e. The third kappa shape index (κ3) is 2.98. The molecule has 2 aromatic rings. The van der Waals surface area contributed by atoms with Gasteiger partial charge in [-0.1, -0.05) is 25.1 Å². The lowest BCUT2D eigenvalue weighted by Crippen LogP contribution is -2.38. The van der Waals surface area contributed by atoms with E-state index >= 15 is 0 Å². The highest BCUT2D eigenvalue weighted by atomic mass is 16.4. The molecule has 0 bridgehead atoms. The molecule has 0 saturated carbocycles. The number of anilines is 1. The van der Waals surface area contributed by atoms with Crippen LogP contribution in [0, 0.1) is 5.92 Å². The van der Waals surface area contributed by atoms with Crippen molar-refractivity contribution in [1.82, 2.24) is 9.55 Å². The minimum absolute atomic E-state index is 0.169. The van der Waals surface area contributed by atoms with Crippen molar-refractivity contribution < 1.29 is 9.90 Å². The maximum atomic E-state index is 12.3. The average molecular weight is 312 g/mol. The zero-order valence-corrected chi connectivity index (χ0v) is 12.6. The number of nitrogens with zero attached hydrogens (tertiary/aromatic N) is 3. The third-order valence-electron chi connectivity index (χ3n) is 3.67. The fourth-order valence-electron chi connectivity index (χ4n) is 2.58. The van der Waals surface area contributed by atoms with Gasteiger partial charge in [-0.15, -0.1) is 0 Å². The number of carboxylic acid groups (broad SMARTS) is 1. The topological polar surface area (TPSA) is 96.6 Å². The first kappa shape index (κ1) is 15.0. The summed E-state index contributed by atoms with van der Waals surface area (Å²) in [7, 11) is 0. The van der Waals surface area contributed by atoms with Crippen LogP contribution in [-0.4, -0.2) is 26.3 Å². The lowest BCUT2D eigenvalue weighted by molar-refractivity contribution is 0.0693. The Kier molecular flexibility index (Phi) is 3.92. The van der Waals surface area contributed by atoms with Crippen molar-refractivity contribution in [1.29, 1.82) is 0 Å². The number of hydrogen-bond acceptors (Lipinski definition) is 5. The molecule has 7 nitrogen and oxygen atoms in total. The van der Waals surface area contributed by atoms with Crippen molar-refractivity contribution >= 4 is 17.4 Å². The summed E-state index contributed by atoms with van der Waals surface area (Å²) in [6.07, 6.45) is 1.77. The van der Waals surface area contributed by atoms with Crippen molar-refractivity contribution in [2.45, 2.75) is 19.9 Å². The van der Waals surface area contributed by atoms with Crippen LogP contribution in [0.1, 0.15) is 29.5 Å². The van der Waals surface area contributed by atoms with Gasteiger partial charge in [-0.25, -0.2) is 9.78 Å². The predicted octanol–water partition coefficient (Wildman–Crippen LogP) is 1.80. The highest BCUT2D eigenvalue weighted by Gasteiger charge is 2.25. The molecule has 0 radical (unpaired) electrons. The van der Waals surface area contributed by atoms with Crippen molar-refractivity contribution in [3.63, 3.8) is 0 Å². The van der Waals surface area contributed by atoms with Gasteiger partial charge in [-0.3, -0.25) is 14.8 Å². The molecule has 1 aliphatic heterocycles. The van der Waals surface area contributed by atoms with E-state index in [4.69, 9.17) is 5.11 Å². The minimum atomic E-state index is -1.27. The van der Waals surface area contributed by atoms with Crippen LogP contribution in [0.5, 0.6) is 0 Å². The van der Waals surface area contributed by atoms with E-state index in [1.807, 2.05) is 37.3 Å². The molecule has 118 valence electrons. The van der Waals surface area contributed by atoms with Crippen molar-refractivity contribution in [3.05, 3.63) is 58.3 Å². The number of hydrazone groups is 1. The van der Waals surface area contributed by atoms with Gasteiger partial charge in [0.1, 0.15) is 11.3 Å². The monoisotopic (exact) mass is 312 g/mol. The Bertz CT molecular complexity index is 827. The van der Waals surface area contributed by atoms with Crippen LogP contribution < -0.4 is 11.0 Å². The van der Waals surface area contributed by atoms with Gasteiger partial charge in [0.25, 0.3) is 5.56 Å². The molecule has 23 heavy (non-hydrogen) atoms. The van der Waals surface area contributed by atoms with Gasteiger partial charge >= 0.3 is 5.97 Å². The van der Waals surface area contributed by atoms with E-state index in [-0.39, 0.29) is 11.5 Å². The van der Waals surface area contributed by atoms with Crippen LogP contribution in [0.2, 0.25) is 0 Å². The zero-order valence-electron chi connectivity index (χ0n) is 12.6. The number of aromatic carboxylic acids is 1. The van der Waals surface area contributed by atoms with Crippen LogP contribution in [0.4, 0.5) is 5.69 Å². The van der Waals surface area contributed by atoms with Gasteiger partial charge in [-0.2, -0.15) is 5.10 Å². The summed E-state index contributed by atoms with van der Waals surface area (Å²) in [5.41, 5.74) is 3.56. The number of fused-ring (bicyclic) bond motifs is 1. The smallest absolute Gasteiger partial charge is 0.342 e. The molecule has 0 aliphatic carbocycles. The molecule has 0 amide bonds. The summed E-state index contributed by atoms with van der Waals surface area (Å²) >= 11 is 0. The molecular formula is C16H16N4O3. The number of benzene rings is 1. The second-order valence-corrected chi connectivity index (χ2v) is 5.56. The Balaban J connectivity index is 2.01. The first-order chi connectivity index (χ1) is 11.1. The van der Waals surface area contributed by atoms with Crippen LogP contribution >= 0.6 is 0 Å². The standard InChI is InChI=1S/C16H16N4O3/c1-10-7-13(19-18-11-5-3-2-4-6-11)14-17-8-12(16(22)23)15(21)20(14)9-10/h2-6,8,10,18H,7,9H2,1H3,(H,22,23)/b19-13+. The molecule has 3 rings (SSSR count). The molecule has 2 heterocycles. The molecule has 1 unspecified atom stereocenters. The fourth-order valence-corrected chi connectivity index (χ4v) is 2.58. The van der Waals surface area contributed by atoms with E-state index in [2.05, 4.69) is 15.5 Å². The lowest BCUT2D eigenvalue weighted by Gasteiger charge is -2.24. The number of rotatable bonds is 3. The number of carbonyl (C=O) groups is 1. The first-order valence-electron chi connectivity index (χ1n) is 7.27. The Hall–Kier alpha value is -2.96. The summed E-state index contributed by atoms with van der Waals surface area (Å²) in [5, 5.41) is 13.4. The molecule has 0 saturated heterocycles. The molecule has 1 atom stereocenters.